The Kier molecular flexibility index (Phi) is 6.11. The van der Waals surface area contributed by atoms with Gasteiger partial charge in [0.2, 0.25) is 12.5 Å². The minimum Gasteiger partial charge on any atom is -0.447 e. The summed E-state index contributed by atoms with van der Waals surface area (Å²) in [4.78, 5) is 35.5. The van der Waals surface area contributed by atoms with Crippen LogP contribution in [0.2, 0.25) is 0 Å². The number of hydrogen-bond donors (Lipinski definition) is 0. The highest BCUT2D eigenvalue weighted by molar-refractivity contribution is 5.93. The van der Waals surface area contributed by atoms with Crippen molar-refractivity contribution in [1.82, 2.24) is 4.90 Å². The van der Waals surface area contributed by atoms with E-state index in [4.69, 9.17) is 4.74 Å². The Morgan fingerprint density at radius 3 is 2.52 bits per heavy atom. The Morgan fingerprint density at radius 1 is 1.43 bits per heavy atom. The SMILES string of the molecule is CC(C)CC(CC(=O)N1C(=O)OC[C@H]1C(C)C)C[N+](=O)[O-]. The van der Waals surface area contributed by atoms with Crippen LogP contribution in [0.4, 0.5) is 4.79 Å². The molecule has 0 N–H and O–H groups in total. The zero-order valence-corrected chi connectivity index (χ0v) is 13.1. The van der Waals surface area contributed by atoms with Crippen molar-refractivity contribution in [1.29, 1.82) is 0 Å². The number of hydrogen-bond acceptors (Lipinski definition) is 5. The predicted molar refractivity (Wildman–Crippen MR) is 76.2 cm³/mol. The fraction of sp³-hybridized carbons (Fsp3) is 0.857. The monoisotopic (exact) mass is 300 g/mol. The molecule has 1 rings (SSSR count). The number of carbonyl (C=O) groups is 2. The maximum Gasteiger partial charge on any atom is 0.416 e. The predicted octanol–water partition coefficient (Wildman–Crippen LogP) is 2.32. The average Bonchev–Trinajstić information content (AvgIpc) is 2.69. The molecule has 7 nitrogen and oxygen atoms in total. The van der Waals surface area contributed by atoms with E-state index in [0.29, 0.717) is 6.42 Å². The number of carbonyl (C=O) groups excluding carboxylic acids is 2. The van der Waals surface area contributed by atoms with E-state index in [9.17, 15) is 19.7 Å². The Hall–Kier alpha value is -1.66. The molecular formula is C14H24N2O5. The summed E-state index contributed by atoms with van der Waals surface area (Å²) in [5.74, 6) is -0.369. The van der Waals surface area contributed by atoms with E-state index in [2.05, 4.69) is 0 Å². The minimum atomic E-state index is -0.636. The van der Waals surface area contributed by atoms with Crippen LogP contribution in [0.3, 0.4) is 0 Å². The molecule has 1 fully saturated rings. The number of amides is 2. The number of imide groups is 1. The zero-order valence-electron chi connectivity index (χ0n) is 13.1. The van der Waals surface area contributed by atoms with Crippen molar-refractivity contribution in [2.45, 2.75) is 46.6 Å². The van der Waals surface area contributed by atoms with E-state index >= 15 is 0 Å². The van der Waals surface area contributed by atoms with Crippen LogP contribution in [0.1, 0.15) is 40.5 Å². The molecular weight excluding hydrogens is 276 g/mol. The van der Waals surface area contributed by atoms with E-state index in [0.717, 1.165) is 4.90 Å². The average molecular weight is 300 g/mol. The first-order valence-corrected chi connectivity index (χ1v) is 7.33. The quantitative estimate of drug-likeness (QED) is 0.531. The van der Waals surface area contributed by atoms with Crippen molar-refractivity contribution in [2.75, 3.05) is 13.2 Å². The number of nitro groups is 1. The van der Waals surface area contributed by atoms with Crippen LogP contribution in [0.25, 0.3) is 0 Å². The third-order valence-electron chi connectivity index (χ3n) is 3.62. The first kappa shape index (κ1) is 17.4. The standard InChI is InChI=1S/C14H24N2O5/c1-9(2)5-11(7-15(19)20)6-13(17)16-12(10(3)4)8-21-14(16)18/h9-12H,5-8H2,1-4H3/t11?,12-/m0/s1. The molecule has 7 heteroatoms. The van der Waals surface area contributed by atoms with E-state index in [-0.39, 0.29) is 49.3 Å². The summed E-state index contributed by atoms with van der Waals surface area (Å²) in [6.45, 7) is 7.69. The van der Waals surface area contributed by atoms with E-state index in [1.54, 1.807) is 0 Å². The molecule has 0 radical (unpaired) electrons. The highest BCUT2D eigenvalue weighted by Crippen LogP contribution is 2.24. The van der Waals surface area contributed by atoms with Crippen LogP contribution in [-0.2, 0) is 9.53 Å². The highest BCUT2D eigenvalue weighted by Gasteiger charge is 2.40. The van der Waals surface area contributed by atoms with Crippen LogP contribution in [0.5, 0.6) is 0 Å². The van der Waals surface area contributed by atoms with Gasteiger partial charge in [-0.2, -0.15) is 0 Å². The summed E-state index contributed by atoms with van der Waals surface area (Å²) in [6, 6.07) is -0.277. The summed E-state index contributed by atoms with van der Waals surface area (Å²) in [7, 11) is 0. The smallest absolute Gasteiger partial charge is 0.416 e. The van der Waals surface area contributed by atoms with Crippen molar-refractivity contribution < 1.29 is 19.2 Å². The lowest BCUT2D eigenvalue weighted by molar-refractivity contribution is -0.488. The van der Waals surface area contributed by atoms with Crippen LogP contribution in [0, 0.1) is 27.9 Å². The molecule has 1 aliphatic heterocycles. The van der Waals surface area contributed by atoms with Crippen LogP contribution >= 0.6 is 0 Å². The number of cyclic esters (lactones) is 1. The van der Waals surface area contributed by atoms with Crippen molar-refractivity contribution in [2.24, 2.45) is 17.8 Å². The Balaban J connectivity index is 2.75. The second kappa shape index (κ2) is 7.38. The Labute approximate surface area is 124 Å². The lowest BCUT2D eigenvalue weighted by Gasteiger charge is -2.24. The van der Waals surface area contributed by atoms with Gasteiger partial charge in [-0.25, -0.2) is 9.69 Å². The first-order valence-electron chi connectivity index (χ1n) is 7.33. The molecule has 1 saturated heterocycles. The lowest BCUT2D eigenvalue weighted by Crippen LogP contribution is -2.43. The van der Waals surface area contributed by atoms with Gasteiger partial charge in [-0.3, -0.25) is 14.9 Å². The summed E-state index contributed by atoms with van der Waals surface area (Å²) < 4.78 is 4.94. The molecule has 21 heavy (non-hydrogen) atoms. The van der Waals surface area contributed by atoms with Gasteiger partial charge in [0.1, 0.15) is 6.61 Å². The van der Waals surface area contributed by atoms with Crippen LogP contribution in [-0.4, -0.2) is 41.0 Å². The summed E-state index contributed by atoms with van der Waals surface area (Å²) in [5, 5.41) is 10.7. The fourth-order valence-electron chi connectivity index (χ4n) is 2.66. The van der Waals surface area contributed by atoms with E-state index < -0.39 is 11.0 Å². The van der Waals surface area contributed by atoms with Gasteiger partial charge in [0.15, 0.2) is 0 Å². The molecule has 0 bridgehead atoms. The largest absolute Gasteiger partial charge is 0.447 e. The first-order chi connectivity index (χ1) is 9.72. The summed E-state index contributed by atoms with van der Waals surface area (Å²) >= 11 is 0. The van der Waals surface area contributed by atoms with Crippen molar-refractivity contribution >= 4 is 12.0 Å². The molecule has 1 unspecified atom stereocenters. The molecule has 0 aliphatic carbocycles. The van der Waals surface area contributed by atoms with E-state index in [1.807, 2.05) is 27.7 Å². The van der Waals surface area contributed by atoms with Crippen LogP contribution < -0.4 is 0 Å². The normalized spacial score (nSPS) is 20.0. The maximum absolute atomic E-state index is 12.3. The second-order valence-corrected chi connectivity index (χ2v) is 6.37. The third-order valence-corrected chi connectivity index (χ3v) is 3.62. The van der Waals surface area contributed by atoms with Gasteiger partial charge in [-0.05, 0) is 18.3 Å². The molecule has 1 aliphatic rings. The van der Waals surface area contributed by atoms with Gasteiger partial charge < -0.3 is 4.74 Å². The van der Waals surface area contributed by atoms with Gasteiger partial charge in [-0.1, -0.05) is 27.7 Å². The lowest BCUT2D eigenvalue weighted by atomic mass is 9.93. The molecule has 1 heterocycles. The van der Waals surface area contributed by atoms with Gasteiger partial charge in [0.05, 0.1) is 6.04 Å². The molecule has 0 saturated carbocycles. The Bertz CT molecular complexity index is 408. The van der Waals surface area contributed by atoms with Crippen molar-refractivity contribution in [3.63, 3.8) is 0 Å². The fourth-order valence-corrected chi connectivity index (χ4v) is 2.66. The molecule has 0 spiro atoms. The number of nitrogens with zero attached hydrogens (tertiary/aromatic N) is 2. The Morgan fingerprint density at radius 2 is 2.05 bits per heavy atom. The molecule has 2 atom stereocenters. The molecule has 120 valence electrons. The maximum atomic E-state index is 12.3. The minimum absolute atomic E-state index is 0.0114. The zero-order chi connectivity index (χ0) is 16.2. The van der Waals surface area contributed by atoms with Crippen LogP contribution in [0.15, 0.2) is 0 Å². The summed E-state index contributed by atoms with van der Waals surface area (Å²) in [5.41, 5.74) is 0. The summed E-state index contributed by atoms with van der Waals surface area (Å²) in [6.07, 6.45) is -0.0394. The van der Waals surface area contributed by atoms with Gasteiger partial charge in [-0.15, -0.1) is 0 Å². The molecule has 0 aromatic carbocycles. The topological polar surface area (TPSA) is 89.8 Å². The number of ether oxygens (including phenoxy) is 1. The van der Waals surface area contributed by atoms with Crippen molar-refractivity contribution in [3.8, 4) is 0 Å². The molecule has 2 amide bonds. The second-order valence-electron chi connectivity index (χ2n) is 6.37. The molecule has 0 aromatic heterocycles. The number of rotatable bonds is 7. The molecule has 0 aromatic rings. The van der Waals surface area contributed by atoms with Gasteiger partial charge in [0, 0.05) is 17.3 Å². The highest BCUT2D eigenvalue weighted by atomic mass is 16.6. The van der Waals surface area contributed by atoms with E-state index in [1.165, 1.54) is 0 Å². The van der Waals surface area contributed by atoms with Gasteiger partial charge in [0.25, 0.3) is 0 Å². The third kappa shape index (κ3) is 4.99. The van der Waals surface area contributed by atoms with Gasteiger partial charge >= 0.3 is 6.09 Å². The van der Waals surface area contributed by atoms with Crippen molar-refractivity contribution in [3.05, 3.63) is 10.1 Å².